The van der Waals surface area contributed by atoms with Crippen LogP contribution < -0.4 is 9.64 Å². The van der Waals surface area contributed by atoms with Crippen LogP contribution in [0.15, 0.2) is 18.2 Å². The van der Waals surface area contributed by atoms with Crippen LogP contribution in [0.4, 0.5) is 11.4 Å². The van der Waals surface area contributed by atoms with Gasteiger partial charge in [-0.25, -0.2) is 0 Å². The molecule has 1 aromatic rings. The van der Waals surface area contributed by atoms with E-state index in [4.69, 9.17) is 4.74 Å². The second-order valence-corrected chi connectivity index (χ2v) is 7.14. The van der Waals surface area contributed by atoms with E-state index in [1.54, 1.807) is 6.07 Å². The maximum atomic E-state index is 11.1. The summed E-state index contributed by atoms with van der Waals surface area (Å²) in [5.74, 6) is 1.51. The van der Waals surface area contributed by atoms with Crippen LogP contribution in [-0.2, 0) is 0 Å². The second-order valence-electron chi connectivity index (χ2n) is 5.80. The van der Waals surface area contributed by atoms with Crippen molar-refractivity contribution in [3.05, 3.63) is 28.3 Å². The molecule has 1 aliphatic carbocycles. The fraction of sp³-hybridized carbons (Fsp3) is 0.625. The normalized spacial score (nSPS) is 24.7. The van der Waals surface area contributed by atoms with E-state index in [0.29, 0.717) is 23.6 Å². The number of thioether (sulfide) groups is 1. The lowest BCUT2D eigenvalue weighted by Crippen LogP contribution is -2.49. The molecule has 1 saturated heterocycles. The summed E-state index contributed by atoms with van der Waals surface area (Å²) in [6, 6.07) is 5.87. The Kier molecular flexibility index (Phi) is 4.76. The number of hydrogen-bond donors (Lipinski definition) is 0. The number of fused-ring (bicyclic) bond motifs is 1. The molecule has 0 N–H and O–H groups in total. The lowest BCUT2D eigenvalue weighted by atomic mass is 9.93. The average molecular weight is 322 g/mol. The molecular formula is C16H22N2O3S. The monoisotopic (exact) mass is 322 g/mol. The van der Waals surface area contributed by atoms with Gasteiger partial charge in [0.2, 0.25) is 0 Å². The van der Waals surface area contributed by atoms with Gasteiger partial charge in [-0.1, -0.05) is 12.8 Å². The Hall–Kier alpha value is -1.43. The molecule has 1 aliphatic heterocycles. The number of rotatable bonds is 4. The lowest BCUT2D eigenvalue weighted by Gasteiger charge is -2.45. The molecule has 6 heteroatoms. The Morgan fingerprint density at radius 1 is 1.41 bits per heavy atom. The van der Waals surface area contributed by atoms with E-state index < -0.39 is 0 Å². The molecule has 22 heavy (non-hydrogen) atoms. The van der Waals surface area contributed by atoms with Gasteiger partial charge in [-0.2, -0.15) is 11.8 Å². The van der Waals surface area contributed by atoms with Crippen LogP contribution in [0.2, 0.25) is 0 Å². The van der Waals surface area contributed by atoms with Gasteiger partial charge in [-0.3, -0.25) is 10.1 Å². The van der Waals surface area contributed by atoms with E-state index in [-0.39, 0.29) is 10.6 Å². The van der Waals surface area contributed by atoms with Gasteiger partial charge in [0.25, 0.3) is 0 Å². The van der Waals surface area contributed by atoms with Gasteiger partial charge in [0.05, 0.1) is 11.5 Å². The van der Waals surface area contributed by atoms with E-state index in [0.717, 1.165) is 18.0 Å². The zero-order valence-electron chi connectivity index (χ0n) is 12.9. The number of ether oxygens (including phenoxy) is 1. The summed E-state index contributed by atoms with van der Waals surface area (Å²) in [7, 11) is 0. The minimum absolute atomic E-state index is 0.0529. The number of nitro benzene ring substituents is 1. The van der Waals surface area contributed by atoms with Gasteiger partial charge >= 0.3 is 5.69 Å². The third-order valence-electron chi connectivity index (χ3n) is 4.50. The highest BCUT2D eigenvalue weighted by molar-refractivity contribution is 8.00. The molecule has 1 aromatic carbocycles. The molecule has 2 unspecified atom stereocenters. The van der Waals surface area contributed by atoms with Crippen molar-refractivity contribution < 1.29 is 9.66 Å². The molecule has 1 saturated carbocycles. The fourth-order valence-corrected chi connectivity index (χ4v) is 4.96. The third kappa shape index (κ3) is 3.02. The highest BCUT2D eigenvalue weighted by Gasteiger charge is 2.34. The molecule has 2 atom stereocenters. The van der Waals surface area contributed by atoms with E-state index in [9.17, 15) is 10.1 Å². The van der Waals surface area contributed by atoms with Gasteiger partial charge in [-0.15, -0.1) is 0 Å². The molecule has 0 amide bonds. The zero-order chi connectivity index (χ0) is 15.5. The van der Waals surface area contributed by atoms with E-state index in [1.165, 1.54) is 25.7 Å². The van der Waals surface area contributed by atoms with Gasteiger partial charge in [0, 0.05) is 41.4 Å². The van der Waals surface area contributed by atoms with E-state index >= 15 is 0 Å². The lowest BCUT2D eigenvalue weighted by molar-refractivity contribution is -0.385. The topological polar surface area (TPSA) is 55.6 Å². The van der Waals surface area contributed by atoms with Gasteiger partial charge in [0.15, 0.2) is 5.75 Å². The molecule has 0 radical (unpaired) electrons. The average Bonchev–Trinajstić information content (AvgIpc) is 2.54. The van der Waals surface area contributed by atoms with Crippen LogP contribution in [-0.4, -0.2) is 35.1 Å². The first-order valence-electron chi connectivity index (χ1n) is 8.00. The quantitative estimate of drug-likeness (QED) is 0.622. The molecule has 0 bridgehead atoms. The highest BCUT2D eigenvalue weighted by Crippen LogP contribution is 2.40. The molecule has 0 aromatic heterocycles. The molecule has 120 valence electrons. The van der Waals surface area contributed by atoms with Crippen LogP contribution >= 0.6 is 11.8 Å². The summed E-state index contributed by atoms with van der Waals surface area (Å²) >= 11 is 2.09. The van der Waals surface area contributed by atoms with Gasteiger partial charge in [-0.05, 0) is 25.8 Å². The van der Waals surface area contributed by atoms with Crippen molar-refractivity contribution in [2.24, 2.45) is 0 Å². The summed E-state index contributed by atoms with van der Waals surface area (Å²) < 4.78 is 5.49. The van der Waals surface area contributed by atoms with Crippen LogP contribution in [0.5, 0.6) is 5.75 Å². The third-order valence-corrected chi connectivity index (χ3v) is 5.90. The van der Waals surface area contributed by atoms with Crippen molar-refractivity contribution in [3.63, 3.8) is 0 Å². The summed E-state index contributed by atoms with van der Waals surface area (Å²) in [5.41, 5.74) is 1.11. The van der Waals surface area contributed by atoms with Crippen molar-refractivity contribution >= 4 is 23.1 Å². The summed E-state index contributed by atoms with van der Waals surface area (Å²) in [5, 5.41) is 11.8. The minimum atomic E-state index is -0.371. The van der Waals surface area contributed by atoms with Crippen molar-refractivity contribution in [2.45, 2.75) is 43.9 Å². The van der Waals surface area contributed by atoms with Crippen LogP contribution in [0, 0.1) is 10.1 Å². The number of nitrogens with zero attached hydrogens (tertiary/aromatic N) is 2. The van der Waals surface area contributed by atoms with Gasteiger partial charge < -0.3 is 9.64 Å². The number of benzene rings is 1. The molecule has 2 aliphatic rings. The maximum Gasteiger partial charge on any atom is 0.311 e. The standard InChI is InChI=1S/C16H22N2O3S/c1-2-21-15-11-12(7-8-13(15)18(19)20)17-9-10-22-16-6-4-3-5-14(16)17/h7-8,11,14,16H,2-6,9-10H2,1H3. The Balaban J connectivity index is 1.89. The van der Waals surface area contributed by atoms with Crippen molar-refractivity contribution in [3.8, 4) is 5.75 Å². The number of anilines is 1. The van der Waals surface area contributed by atoms with Gasteiger partial charge in [0.1, 0.15) is 0 Å². The van der Waals surface area contributed by atoms with Crippen LogP contribution in [0.1, 0.15) is 32.6 Å². The molecule has 0 spiro atoms. The van der Waals surface area contributed by atoms with E-state index in [2.05, 4.69) is 16.7 Å². The molecular weight excluding hydrogens is 300 g/mol. The van der Waals surface area contributed by atoms with Crippen molar-refractivity contribution in [1.82, 2.24) is 0 Å². The zero-order valence-corrected chi connectivity index (χ0v) is 13.7. The van der Waals surface area contributed by atoms with Crippen molar-refractivity contribution in [1.29, 1.82) is 0 Å². The smallest absolute Gasteiger partial charge is 0.311 e. The molecule has 2 fully saturated rings. The van der Waals surface area contributed by atoms with Crippen LogP contribution in [0.3, 0.4) is 0 Å². The first-order chi connectivity index (χ1) is 10.7. The molecule has 1 heterocycles. The summed E-state index contributed by atoms with van der Waals surface area (Å²) in [6.07, 6.45) is 5.12. The minimum Gasteiger partial charge on any atom is -0.487 e. The first-order valence-corrected chi connectivity index (χ1v) is 9.05. The summed E-state index contributed by atoms with van der Waals surface area (Å²) in [4.78, 5) is 13.2. The molecule has 5 nitrogen and oxygen atoms in total. The molecule has 3 rings (SSSR count). The highest BCUT2D eigenvalue weighted by atomic mass is 32.2. The largest absolute Gasteiger partial charge is 0.487 e. The Morgan fingerprint density at radius 3 is 3.00 bits per heavy atom. The van der Waals surface area contributed by atoms with Crippen molar-refractivity contribution in [2.75, 3.05) is 23.8 Å². The first kappa shape index (κ1) is 15.5. The predicted octanol–water partition coefficient (Wildman–Crippen LogP) is 3.86. The Labute approximate surface area is 135 Å². The second kappa shape index (κ2) is 6.77. The SMILES string of the molecule is CCOc1cc(N2CCSC3CCCCC32)ccc1[N+](=O)[O-]. The number of nitro groups is 1. The fourth-order valence-electron chi connectivity index (χ4n) is 3.52. The summed E-state index contributed by atoms with van der Waals surface area (Å²) in [6.45, 7) is 3.30. The van der Waals surface area contributed by atoms with Crippen LogP contribution in [0.25, 0.3) is 0 Å². The van der Waals surface area contributed by atoms with E-state index in [1.807, 2.05) is 19.1 Å². The Morgan fingerprint density at radius 2 is 2.23 bits per heavy atom. The predicted molar refractivity (Wildman–Crippen MR) is 90.1 cm³/mol. The Bertz CT molecular complexity index is 550. The maximum absolute atomic E-state index is 11.1. The number of hydrogen-bond acceptors (Lipinski definition) is 5.